The van der Waals surface area contributed by atoms with Crippen molar-refractivity contribution in [2.75, 3.05) is 11.1 Å². The predicted octanol–water partition coefficient (Wildman–Crippen LogP) is 2.81. The number of nitrogen functional groups attached to an aromatic ring is 1. The van der Waals surface area contributed by atoms with Crippen LogP contribution in [0.15, 0.2) is 30.3 Å². The number of carbonyl (C=O) groups is 1. The van der Waals surface area contributed by atoms with Gasteiger partial charge in [0.2, 0.25) is 0 Å². The van der Waals surface area contributed by atoms with Crippen LogP contribution in [0.25, 0.3) is 0 Å². The van der Waals surface area contributed by atoms with E-state index in [0.29, 0.717) is 11.6 Å². The number of aryl methyl sites for hydroxylation is 1. The number of para-hydroxylation sites is 1. The zero-order valence-corrected chi connectivity index (χ0v) is 10.6. The molecule has 2 aromatic carbocycles. The quantitative estimate of drug-likeness (QED) is 0.739. The number of phenolic OH excluding ortho intramolecular Hbond substituents is 1. The molecule has 0 atom stereocenters. The van der Waals surface area contributed by atoms with Gasteiger partial charge in [0, 0.05) is 6.07 Å². The second-order valence-corrected chi connectivity index (χ2v) is 4.28. The fourth-order valence-corrected chi connectivity index (χ4v) is 1.69. The van der Waals surface area contributed by atoms with Gasteiger partial charge in [0.1, 0.15) is 17.4 Å². The van der Waals surface area contributed by atoms with Crippen LogP contribution >= 0.6 is 0 Å². The van der Waals surface area contributed by atoms with E-state index < -0.39 is 17.5 Å². The summed E-state index contributed by atoms with van der Waals surface area (Å²) in [6, 6.07) is 6.17. The molecule has 0 aliphatic carbocycles. The highest BCUT2D eigenvalue weighted by Gasteiger charge is 2.15. The van der Waals surface area contributed by atoms with Crippen LogP contribution in [0.5, 0.6) is 5.75 Å². The molecule has 4 N–H and O–H groups in total. The van der Waals surface area contributed by atoms with Gasteiger partial charge < -0.3 is 16.2 Å². The summed E-state index contributed by atoms with van der Waals surface area (Å²) >= 11 is 0. The third-order valence-corrected chi connectivity index (χ3v) is 2.82. The van der Waals surface area contributed by atoms with Crippen molar-refractivity contribution in [3.05, 3.63) is 53.1 Å². The summed E-state index contributed by atoms with van der Waals surface area (Å²) in [6.45, 7) is 1.63. The van der Waals surface area contributed by atoms with E-state index in [0.717, 1.165) is 6.07 Å². The van der Waals surface area contributed by atoms with Crippen LogP contribution in [0.1, 0.15) is 15.9 Å². The first-order chi connectivity index (χ1) is 9.40. The van der Waals surface area contributed by atoms with Crippen LogP contribution in [0.3, 0.4) is 0 Å². The lowest BCUT2D eigenvalue weighted by Gasteiger charge is -2.10. The van der Waals surface area contributed by atoms with Crippen molar-refractivity contribution >= 4 is 17.3 Å². The van der Waals surface area contributed by atoms with Gasteiger partial charge in [-0.25, -0.2) is 8.78 Å². The van der Waals surface area contributed by atoms with Crippen LogP contribution in [-0.4, -0.2) is 11.0 Å². The molecule has 0 saturated heterocycles. The van der Waals surface area contributed by atoms with E-state index in [4.69, 9.17) is 5.73 Å². The Morgan fingerprint density at radius 2 is 1.95 bits per heavy atom. The summed E-state index contributed by atoms with van der Waals surface area (Å²) in [4.78, 5) is 12.0. The van der Waals surface area contributed by atoms with E-state index in [-0.39, 0.29) is 22.7 Å². The Balaban J connectivity index is 2.33. The van der Waals surface area contributed by atoms with Crippen molar-refractivity contribution in [1.29, 1.82) is 0 Å². The number of phenols is 1. The second kappa shape index (κ2) is 5.16. The molecule has 20 heavy (non-hydrogen) atoms. The van der Waals surface area contributed by atoms with Gasteiger partial charge >= 0.3 is 0 Å². The maximum absolute atomic E-state index is 13.5. The molecule has 0 aromatic heterocycles. The first-order valence-corrected chi connectivity index (χ1v) is 5.74. The highest BCUT2D eigenvalue weighted by molar-refractivity contribution is 6.06. The van der Waals surface area contributed by atoms with Gasteiger partial charge in [-0.3, -0.25) is 4.79 Å². The van der Waals surface area contributed by atoms with Gasteiger partial charge in [-0.05, 0) is 24.6 Å². The average Bonchev–Trinajstić information content (AvgIpc) is 2.39. The molecule has 0 fully saturated rings. The smallest absolute Gasteiger partial charge is 0.259 e. The van der Waals surface area contributed by atoms with E-state index >= 15 is 0 Å². The Morgan fingerprint density at radius 1 is 1.25 bits per heavy atom. The molecular formula is C14H12F2N2O2. The van der Waals surface area contributed by atoms with Crippen molar-refractivity contribution in [2.24, 2.45) is 0 Å². The molecule has 4 nitrogen and oxygen atoms in total. The number of halogens is 2. The number of hydrogen-bond acceptors (Lipinski definition) is 3. The summed E-state index contributed by atoms with van der Waals surface area (Å²) in [5, 5.41) is 12.0. The van der Waals surface area contributed by atoms with Gasteiger partial charge in [-0.1, -0.05) is 12.1 Å². The molecule has 1 amide bonds. The van der Waals surface area contributed by atoms with Crippen LogP contribution in [0.4, 0.5) is 20.2 Å². The van der Waals surface area contributed by atoms with E-state index in [9.17, 15) is 18.7 Å². The summed E-state index contributed by atoms with van der Waals surface area (Å²) < 4.78 is 26.5. The average molecular weight is 278 g/mol. The Bertz CT molecular complexity index is 687. The fourth-order valence-electron chi connectivity index (χ4n) is 1.69. The number of aromatic hydroxyl groups is 1. The first kappa shape index (κ1) is 13.8. The molecular weight excluding hydrogens is 266 g/mol. The second-order valence-electron chi connectivity index (χ2n) is 4.28. The molecule has 0 aliphatic rings. The number of rotatable bonds is 2. The number of nitrogens with two attached hydrogens (primary N) is 1. The minimum absolute atomic E-state index is 0.00713. The molecule has 2 rings (SSSR count). The maximum atomic E-state index is 13.5. The topological polar surface area (TPSA) is 75.4 Å². The van der Waals surface area contributed by atoms with E-state index in [1.165, 1.54) is 6.07 Å². The summed E-state index contributed by atoms with van der Waals surface area (Å²) in [7, 11) is 0. The summed E-state index contributed by atoms with van der Waals surface area (Å²) in [5.74, 6) is -2.76. The lowest BCUT2D eigenvalue weighted by Crippen LogP contribution is -2.14. The Hall–Kier alpha value is -2.63. The van der Waals surface area contributed by atoms with Gasteiger partial charge in [-0.15, -0.1) is 0 Å². The number of anilines is 2. The monoisotopic (exact) mass is 278 g/mol. The van der Waals surface area contributed by atoms with Crippen LogP contribution < -0.4 is 11.1 Å². The molecule has 6 heteroatoms. The third kappa shape index (κ3) is 2.54. The van der Waals surface area contributed by atoms with Crippen LogP contribution in [-0.2, 0) is 0 Å². The highest BCUT2D eigenvalue weighted by Crippen LogP contribution is 2.25. The number of benzene rings is 2. The number of carbonyl (C=O) groups excluding carboxylic acids is 1. The maximum Gasteiger partial charge on any atom is 0.259 e. The molecule has 0 spiro atoms. The normalized spacial score (nSPS) is 10.3. The van der Waals surface area contributed by atoms with E-state index in [2.05, 4.69) is 5.32 Å². The molecule has 0 heterocycles. The third-order valence-electron chi connectivity index (χ3n) is 2.82. The molecule has 0 saturated carbocycles. The zero-order valence-electron chi connectivity index (χ0n) is 10.6. The largest absolute Gasteiger partial charge is 0.507 e. The molecule has 104 valence electrons. The molecule has 0 radical (unpaired) electrons. The van der Waals surface area contributed by atoms with E-state index in [1.807, 2.05) is 0 Å². The summed E-state index contributed by atoms with van der Waals surface area (Å²) in [5.41, 5.74) is 5.28. The van der Waals surface area contributed by atoms with Crippen molar-refractivity contribution in [3.63, 3.8) is 0 Å². The number of hydrogen-bond donors (Lipinski definition) is 3. The highest BCUT2D eigenvalue weighted by atomic mass is 19.1. The Morgan fingerprint density at radius 3 is 2.65 bits per heavy atom. The van der Waals surface area contributed by atoms with Crippen LogP contribution in [0, 0.1) is 18.6 Å². The van der Waals surface area contributed by atoms with E-state index in [1.54, 1.807) is 19.1 Å². The predicted molar refractivity (Wildman–Crippen MR) is 71.6 cm³/mol. The van der Waals surface area contributed by atoms with Crippen molar-refractivity contribution in [3.8, 4) is 5.75 Å². The zero-order chi connectivity index (χ0) is 14.9. The van der Waals surface area contributed by atoms with Crippen LogP contribution in [0.2, 0.25) is 0 Å². The molecule has 0 aliphatic heterocycles. The first-order valence-electron chi connectivity index (χ1n) is 5.74. The van der Waals surface area contributed by atoms with Crippen molar-refractivity contribution in [2.45, 2.75) is 6.92 Å². The number of amides is 1. The Kier molecular flexibility index (Phi) is 3.56. The van der Waals surface area contributed by atoms with Crippen molar-refractivity contribution < 1.29 is 18.7 Å². The molecule has 2 aromatic rings. The lowest BCUT2D eigenvalue weighted by atomic mass is 10.1. The molecule has 0 unspecified atom stereocenters. The summed E-state index contributed by atoms with van der Waals surface area (Å²) in [6.07, 6.45) is 0. The van der Waals surface area contributed by atoms with Gasteiger partial charge in [-0.2, -0.15) is 0 Å². The number of nitrogens with one attached hydrogen (secondary N) is 1. The van der Waals surface area contributed by atoms with Gasteiger partial charge in [0.15, 0.2) is 0 Å². The minimum atomic E-state index is -0.947. The van der Waals surface area contributed by atoms with Crippen molar-refractivity contribution in [1.82, 2.24) is 0 Å². The SMILES string of the molecule is Cc1cccc(C(=O)Nc2cc(N)c(F)cc2F)c1O. The minimum Gasteiger partial charge on any atom is -0.507 e. The Labute approximate surface area is 113 Å². The van der Waals surface area contributed by atoms with Gasteiger partial charge in [0.05, 0.1) is 16.9 Å². The fraction of sp³-hybridized carbons (Fsp3) is 0.0714. The lowest BCUT2D eigenvalue weighted by molar-refractivity contribution is 0.102. The van der Waals surface area contributed by atoms with Gasteiger partial charge in [0.25, 0.3) is 5.91 Å². The molecule has 0 bridgehead atoms. The standard InChI is InChI=1S/C14H12F2N2O2/c1-7-3-2-4-8(13(7)19)14(20)18-12-6-11(17)9(15)5-10(12)16/h2-6,19H,17H2,1H3,(H,18,20).